The third-order valence-corrected chi connectivity index (χ3v) is 4.03. The molecule has 19 heavy (non-hydrogen) atoms. The van der Waals surface area contributed by atoms with E-state index in [1.54, 1.807) is 23.5 Å². The summed E-state index contributed by atoms with van der Waals surface area (Å²) in [7, 11) is 0. The summed E-state index contributed by atoms with van der Waals surface area (Å²) in [5.41, 5.74) is 1.43. The first-order valence-electron chi connectivity index (χ1n) is 6.29. The standard InChI is InChI=1S/C15H17NO2S/c1-2-13(14-4-3-9-19-14)16-10-11-5-7-12(8-6-11)15(17)18/h3-9,13,16H,2,10H2,1H3,(H,17,18). The van der Waals surface area contributed by atoms with Crippen molar-refractivity contribution in [2.45, 2.75) is 25.9 Å². The average Bonchev–Trinajstić information content (AvgIpc) is 2.94. The first-order chi connectivity index (χ1) is 9.20. The van der Waals surface area contributed by atoms with E-state index in [1.165, 1.54) is 4.88 Å². The van der Waals surface area contributed by atoms with E-state index in [4.69, 9.17) is 5.11 Å². The molecule has 1 atom stereocenters. The molecule has 0 saturated carbocycles. The van der Waals surface area contributed by atoms with Crippen LogP contribution in [0.3, 0.4) is 0 Å². The Morgan fingerprint density at radius 3 is 2.58 bits per heavy atom. The van der Waals surface area contributed by atoms with Gasteiger partial charge < -0.3 is 10.4 Å². The maximum atomic E-state index is 10.8. The molecule has 100 valence electrons. The third-order valence-electron chi connectivity index (χ3n) is 3.05. The number of thiophene rings is 1. The fourth-order valence-electron chi connectivity index (χ4n) is 1.94. The second-order valence-corrected chi connectivity index (χ2v) is 5.34. The Morgan fingerprint density at radius 2 is 2.05 bits per heavy atom. The maximum Gasteiger partial charge on any atom is 0.335 e. The molecule has 0 fully saturated rings. The summed E-state index contributed by atoms with van der Waals surface area (Å²) in [4.78, 5) is 12.1. The summed E-state index contributed by atoms with van der Waals surface area (Å²) in [6.45, 7) is 2.90. The fourth-order valence-corrected chi connectivity index (χ4v) is 2.83. The summed E-state index contributed by atoms with van der Waals surface area (Å²) in [5, 5.41) is 14.4. The van der Waals surface area contributed by atoms with Crippen LogP contribution in [0.1, 0.15) is 40.2 Å². The number of benzene rings is 1. The van der Waals surface area contributed by atoms with Crippen LogP contribution in [0.25, 0.3) is 0 Å². The van der Waals surface area contributed by atoms with E-state index in [2.05, 4.69) is 29.8 Å². The number of aromatic carboxylic acids is 1. The van der Waals surface area contributed by atoms with Gasteiger partial charge in [-0.05, 0) is 35.6 Å². The second kappa shape index (κ2) is 6.50. The zero-order valence-corrected chi connectivity index (χ0v) is 11.6. The summed E-state index contributed by atoms with van der Waals surface area (Å²) < 4.78 is 0. The molecular weight excluding hydrogens is 258 g/mol. The quantitative estimate of drug-likeness (QED) is 0.845. The third kappa shape index (κ3) is 3.66. The highest BCUT2D eigenvalue weighted by Gasteiger charge is 2.09. The Bertz CT molecular complexity index is 520. The molecule has 3 nitrogen and oxygen atoms in total. The van der Waals surface area contributed by atoms with Crippen molar-refractivity contribution in [3.8, 4) is 0 Å². The predicted molar refractivity (Wildman–Crippen MR) is 77.6 cm³/mol. The molecule has 1 unspecified atom stereocenters. The van der Waals surface area contributed by atoms with Crippen LogP contribution in [0, 0.1) is 0 Å². The molecule has 0 saturated heterocycles. The van der Waals surface area contributed by atoms with E-state index >= 15 is 0 Å². The lowest BCUT2D eigenvalue weighted by Crippen LogP contribution is -2.19. The summed E-state index contributed by atoms with van der Waals surface area (Å²) in [6, 6.07) is 11.6. The second-order valence-electron chi connectivity index (χ2n) is 4.36. The summed E-state index contributed by atoms with van der Waals surface area (Å²) in [5.74, 6) is -0.885. The van der Waals surface area contributed by atoms with E-state index in [1.807, 2.05) is 12.1 Å². The topological polar surface area (TPSA) is 49.3 Å². The molecule has 0 amide bonds. The fraction of sp³-hybridized carbons (Fsp3) is 0.267. The van der Waals surface area contributed by atoms with Gasteiger partial charge in [-0.2, -0.15) is 0 Å². The van der Waals surface area contributed by atoms with E-state index < -0.39 is 5.97 Å². The van der Waals surface area contributed by atoms with Crippen LogP contribution in [0.5, 0.6) is 0 Å². The van der Waals surface area contributed by atoms with Gasteiger partial charge in [0.15, 0.2) is 0 Å². The average molecular weight is 275 g/mol. The molecule has 0 radical (unpaired) electrons. The Balaban J connectivity index is 1.96. The van der Waals surface area contributed by atoms with E-state index in [9.17, 15) is 4.79 Å². The van der Waals surface area contributed by atoms with Gasteiger partial charge in [-0.1, -0.05) is 25.1 Å². The van der Waals surface area contributed by atoms with Crippen molar-refractivity contribution in [1.29, 1.82) is 0 Å². The van der Waals surface area contributed by atoms with Crippen molar-refractivity contribution in [2.24, 2.45) is 0 Å². The van der Waals surface area contributed by atoms with Gasteiger partial charge in [0.2, 0.25) is 0 Å². The highest BCUT2D eigenvalue weighted by atomic mass is 32.1. The number of hydrogen-bond acceptors (Lipinski definition) is 3. The number of hydrogen-bond donors (Lipinski definition) is 2. The van der Waals surface area contributed by atoms with Crippen molar-refractivity contribution in [1.82, 2.24) is 5.32 Å². The van der Waals surface area contributed by atoms with Crippen LogP contribution in [0.2, 0.25) is 0 Å². The molecule has 1 aromatic carbocycles. The smallest absolute Gasteiger partial charge is 0.335 e. The van der Waals surface area contributed by atoms with Crippen LogP contribution < -0.4 is 5.32 Å². The van der Waals surface area contributed by atoms with E-state index in [0.29, 0.717) is 11.6 Å². The SMILES string of the molecule is CCC(NCc1ccc(C(=O)O)cc1)c1cccs1. The maximum absolute atomic E-state index is 10.8. The molecule has 1 heterocycles. The monoisotopic (exact) mass is 275 g/mol. The molecule has 2 rings (SSSR count). The number of rotatable bonds is 6. The lowest BCUT2D eigenvalue weighted by molar-refractivity contribution is 0.0697. The predicted octanol–water partition coefficient (Wildman–Crippen LogP) is 3.69. The minimum absolute atomic E-state index is 0.328. The van der Waals surface area contributed by atoms with Crippen LogP contribution in [0.15, 0.2) is 41.8 Å². The lowest BCUT2D eigenvalue weighted by Gasteiger charge is -2.15. The van der Waals surface area contributed by atoms with Crippen molar-refractivity contribution in [3.05, 3.63) is 57.8 Å². The highest BCUT2D eigenvalue weighted by Crippen LogP contribution is 2.22. The molecule has 4 heteroatoms. The largest absolute Gasteiger partial charge is 0.478 e. The molecule has 0 bridgehead atoms. The lowest BCUT2D eigenvalue weighted by atomic mass is 10.1. The molecule has 0 aliphatic heterocycles. The zero-order valence-electron chi connectivity index (χ0n) is 10.8. The van der Waals surface area contributed by atoms with Crippen molar-refractivity contribution < 1.29 is 9.90 Å². The molecule has 2 N–H and O–H groups in total. The Hall–Kier alpha value is -1.65. The van der Waals surface area contributed by atoms with Crippen molar-refractivity contribution in [2.75, 3.05) is 0 Å². The van der Waals surface area contributed by atoms with Gasteiger partial charge in [0.05, 0.1) is 5.56 Å². The van der Waals surface area contributed by atoms with Gasteiger partial charge in [0.25, 0.3) is 0 Å². The zero-order chi connectivity index (χ0) is 13.7. The van der Waals surface area contributed by atoms with Crippen LogP contribution in [-0.2, 0) is 6.54 Å². The Labute approximate surface area is 116 Å². The van der Waals surface area contributed by atoms with E-state index in [0.717, 1.165) is 18.5 Å². The minimum atomic E-state index is -0.885. The molecule has 2 aromatic rings. The first kappa shape index (κ1) is 13.8. The van der Waals surface area contributed by atoms with Crippen molar-refractivity contribution in [3.63, 3.8) is 0 Å². The van der Waals surface area contributed by atoms with Gasteiger partial charge in [0.1, 0.15) is 0 Å². The van der Waals surface area contributed by atoms with Gasteiger partial charge in [-0.15, -0.1) is 11.3 Å². The Morgan fingerprint density at radius 1 is 1.32 bits per heavy atom. The minimum Gasteiger partial charge on any atom is -0.478 e. The summed E-state index contributed by atoms with van der Waals surface area (Å²) in [6.07, 6.45) is 1.04. The number of carboxylic acid groups (broad SMARTS) is 1. The molecule has 0 aliphatic carbocycles. The van der Waals surface area contributed by atoms with Gasteiger partial charge in [-0.25, -0.2) is 4.79 Å². The van der Waals surface area contributed by atoms with Crippen LogP contribution in [0.4, 0.5) is 0 Å². The molecule has 0 spiro atoms. The van der Waals surface area contributed by atoms with Gasteiger partial charge >= 0.3 is 5.97 Å². The first-order valence-corrected chi connectivity index (χ1v) is 7.17. The molecular formula is C15H17NO2S. The number of nitrogens with one attached hydrogen (secondary N) is 1. The van der Waals surface area contributed by atoms with Crippen LogP contribution >= 0.6 is 11.3 Å². The normalized spacial score (nSPS) is 12.3. The molecule has 1 aromatic heterocycles. The Kier molecular flexibility index (Phi) is 4.71. The van der Waals surface area contributed by atoms with Gasteiger partial charge in [-0.3, -0.25) is 0 Å². The number of carbonyl (C=O) groups is 1. The number of carboxylic acids is 1. The summed E-state index contributed by atoms with van der Waals surface area (Å²) >= 11 is 1.76. The molecule has 0 aliphatic rings. The van der Waals surface area contributed by atoms with Crippen molar-refractivity contribution >= 4 is 17.3 Å². The highest BCUT2D eigenvalue weighted by molar-refractivity contribution is 7.10. The van der Waals surface area contributed by atoms with Gasteiger partial charge in [0, 0.05) is 17.5 Å². The van der Waals surface area contributed by atoms with Crippen LogP contribution in [-0.4, -0.2) is 11.1 Å². The van der Waals surface area contributed by atoms with E-state index in [-0.39, 0.29) is 0 Å².